The summed E-state index contributed by atoms with van der Waals surface area (Å²) in [4.78, 5) is 20.1. The molecule has 3 rings (SSSR count). The van der Waals surface area contributed by atoms with Gasteiger partial charge in [0.2, 0.25) is 0 Å². The number of carbonyl (C=O) groups is 1. The van der Waals surface area contributed by atoms with Crippen molar-refractivity contribution < 1.29 is 30.8 Å². The molecule has 3 aromatic rings. The molecule has 0 N–H and O–H groups in total. The van der Waals surface area contributed by atoms with Crippen LogP contribution in [0.4, 0.5) is 13.2 Å². The van der Waals surface area contributed by atoms with Crippen LogP contribution in [0.15, 0.2) is 41.1 Å². The highest BCUT2D eigenvalue weighted by Crippen LogP contribution is 2.29. The summed E-state index contributed by atoms with van der Waals surface area (Å²) < 4.78 is 66.9. The Hall–Kier alpha value is -2.66. The molecule has 0 aliphatic heterocycles. The van der Waals surface area contributed by atoms with E-state index >= 15 is 0 Å². The zero-order chi connectivity index (χ0) is 22.1. The van der Waals surface area contributed by atoms with Crippen LogP contribution in [-0.4, -0.2) is 53.9 Å². The fourth-order valence-corrected chi connectivity index (χ4v) is 3.44. The molecule has 0 aliphatic rings. The number of sulfone groups is 1. The summed E-state index contributed by atoms with van der Waals surface area (Å²) >= 11 is 6.06. The van der Waals surface area contributed by atoms with Crippen LogP contribution in [0.2, 0.25) is 5.15 Å². The smallest absolute Gasteiger partial charge is 0.459 e. The van der Waals surface area contributed by atoms with Gasteiger partial charge in [-0.25, -0.2) is 18.4 Å². The van der Waals surface area contributed by atoms with Crippen molar-refractivity contribution in [3.63, 3.8) is 0 Å². The zero-order valence-corrected chi connectivity index (χ0v) is 17.1. The lowest BCUT2D eigenvalue weighted by Crippen LogP contribution is -2.42. The van der Waals surface area contributed by atoms with E-state index in [-0.39, 0.29) is 10.9 Å². The molecule has 1 amide bonds. The van der Waals surface area contributed by atoms with E-state index in [2.05, 4.69) is 9.97 Å². The van der Waals surface area contributed by atoms with Gasteiger partial charge in [-0.05, 0) is 30.3 Å². The van der Waals surface area contributed by atoms with Gasteiger partial charge in [0.1, 0.15) is 32.8 Å². The number of hydrogen-bond acceptors (Lipinski definition) is 6. The van der Waals surface area contributed by atoms with Crippen LogP contribution in [0, 0.1) is 0 Å². The normalized spacial score (nSPS) is 12.3. The maximum Gasteiger partial charge on any atom is 0.471 e. The molecule has 0 aliphatic carbocycles. The maximum absolute atomic E-state index is 12.9. The molecule has 0 unspecified atom stereocenters. The summed E-state index contributed by atoms with van der Waals surface area (Å²) in [6.07, 6.45) is -2.94. The van der Waals surface area contributed by atoms with Crippen molar-refractivity contribution in [2.45, 2.75) is 12.7 Å². The van der Waals surface area contributed by atoms with E-state index in [0.717, 1.165) is 6.26 Å². The number of fused-ring (bicyclic) bond motifs is 1. The average Bonchev–Trinajstić information content (AvgIpc) is 3.12. The van der Waals surface area contributed by atoms with Crippen molar-refractivity contribution >= 4 is 38.2 Å². The predicted octanol–water partition coefficient (Wildman–Crippen LogP) is 3.48. The number of hydrogen-bond donors (Lipinski definition) is 0. The highest BCUT2D eigenvalue weighted by atomic mass is 35.5. The van der Waals surface area contributed by atoms with Crippen LogP contribution in [0.25, 0.3) is 22.2 Å². The number of carbonyl (C=O) groups excluding carboxylic acids is 1. The quantitative estimate of drug-likeness (QED) is 0.522. The zero-order valence-electron chi connectivity index (χ0n) is 15.5. The summed E-state index contributed by atoms with van der Waals surface area (Å²) in [6.45, 7) is -1.15. The van der Waals surface area contributed by atoms with Gasteiger partial charge < -0.3 is 9.32 Å². The van der Waals surface area contributed by atoms with E-state index in [1.54, 1.807) is 18.2 Å². The molecule has 30 heavy (non-hydrogen) atoms. The van der Waals surface area contributed by atoms with Crippen LogP contribution in [-0.2, 0) is 21.2 Å². The number of furan rings is 1. The van der Waals surface area contributed by atoms with Crippen LogP contribution >= 0.6 is 11.6 Å². The minimum absolute atomic E-state index is 0.0617. The largest absolute Gasteiger partial charge is 0.471 e. The van der Waals surface area contributed by atoms with Crippen molar-refractivity contribution in [1.82, 2.24) is 14.9 Å². The molecule has 2 aromatic heterocycles. The second-order valence-corrected chi connectivity index (χ2v) is 9.13. The van der Waals surface area contributed by atoms with Gasteiger partial charge in [-0.15, -0.1) is 0 Å². The van der Waals surface area contributed by atoms with Crippen molar-refractivity contribution in [1.29, 1.82) is 0 Å². The Kier molecular flexibility index (Phi) is 6.04. The maximum atomic E-state index is 12.9. The number of rotatable bonds is 6. The monoisotopic (exact) mass is 461 g/mol. The number of amides is 1. The molecule has 0 radical (unpaired) electrons. The lowest BCUT2D eigenvalue weighted by atomic mass is 10.1. The van der Waals surface area contributed by atoms with E-state index in [1.165, 1.54) is 18.5 Å². The third-order valence-corrected chi connectivity index (χ3v) is 5.37. The van der Waals surface area contributed by atoms with Crippen molar-refractivity contribution in [2.24, 2.45) is 0 Å². The Bertz CT molecular complexity index is 1190. The molecular formula is C18H15ClF3N3O4S. The summed E-state index contributed by atoms with van der Waals surface area (Å²) in [7, 11) is -3.57. The molecular weight excluding hydrogens is 447 g/mol. The van der Waals surface area contributed by atoms with Gasteiger partial charge in [-0.2, -0.15) is 13.2 Å². The van der Waals surface area contributed by atoms with Gasteiger partial charge in [0, 0.05) is 23.8 Å². The van der Waals surface area contributed by atoms with E-state index in [0.29, 0.717) is 27.1 Å². The summed E-state index contributed by atoms with van der Waals surface area (Å²) in [5.74, 6) is -2.36. The molecule has 0 bridgehead atoms. The Morgan fingerprint density at radius 1 is 1.20 bits per heavy atom. The van der Waals surface area contributed by atoms with E-state index in [1.807, 2.05) is 0 Å². The number of aromatic nitrogens is 2. The molecule has 7 nitrogen and oxygen atoms in total. The first-order valence-corrected chi connectivity index (χ1v) is 10.9. The van der Waals surface area contributed by atoms with Crippen LogP contribution in [0.5, 0.6) is 0 Å². The fraction of sp³-hybridized carbons (Fsp3) is 0.278. The molecule has 0 saturated heterocycles. The first-order chi connectivity index (χ1) is 13.9. The third kappa shape index (κ3) is 5.28. The van der Waals surface area contributed by atoms with Gasteiger partial charge in [-0.1, -0.05) is 11.6 Å². The first-order valence-electron chi connectivity index (χ1n) is 8.47. The summed E-state index contributed by atoms with van der Waals surface area (Å²) in [5.41, 5.74) is 1.18. The van der Waals surface area contributed by atoms with E-state index < -0.39 is 40.8 Å². The second-order valence-electron chi connectivity index (χ2n) is 6.52. The fourth-order valence-electron chi connectivity index (χ4n) is 2.69. The molecule has 0 fully saturated rings. The highest BCUT2D eigenvalue weighted by molar-refractivity contribution is 7.90. The standard InChI is InChI=1S/C18H15ClF3N3O4S/c1-30(27,28)7-6-25(17(26)18(20,21)22)9-12-3-5-15(29-12)11-2-4-14-13(8-11)16(19)24-10-23-14/h2-5,8,10H,6-7,9H2,1H3. The van der Waals surface area contributed by atoms with E-state index in [9.17, 15) is 26.4 Å². The first kappa shape index (κ1) is 22.0. The Balaban J connectivity index is 1.86. The number of alkyl halides is 3. The Labute approximate surface area is 174 Å². The van der Waals surface area contributed by atoms with Crippen LogP contribution < -0.4 is 0 Å². The van der Waals surface area contributed by atoms with Gasteiger partial charge in [-0.3, -0.25) is 4.79 Å². The molecule has 2 heterocycles. The van der Waals surface area contributed by atoms with Gasteiger partial charge in [0.05, 0.1) is 17.8 Å². The van der Waals surface area contributed by atoms with Gasteiger partial charge >= 0.3 is 12.1 Å². The van der Waals surface area contributed by atoms with Crippen molar-refractivity contribution in [3.8, 4) is 11.3 Å². The summed E-state index contributed by atoms with van der Waals surface area (Å²) in [6, 6.07) is 7.99. The number of halogens is 4. The Morgan fingerprint density at radius 2 is 1.93 bits per heavy atom. The third-order valence-electron chi connectivity index (χ3n) is 4.14. The summed E-state index contributed by atoms with van der Waals surface area (Å²) in [5, 5.41) is 0.799. The SMILES string of the molecule is CS(=O)(=O)CCN(Cc1ccc(-c2ccc3ncnc(Cl)c3c2)o1)C(=O)C(F)(F)F. The minimum Gasteiger partial charge on any atom is -0.459 e. The minimum atomic E-state index is -5.14. The topological polar surface area (TPSA) is 93.4 Å². The molecule has 0 atom stereocenters. The lowest BCUT2D eigenvalue weighted by molar-refractivity contribution is -0.186. The number of nitrogens with zero attached hydrogens (tertiary/aromatic N) is 3. The molecule has 12 heteroatoms. The predicted molar refractivity (Wildman–Crippen MR) is 103 cm³/mol. The van der Waals surface area contributed by atoms with Crippen LogP contribution in [0.1, 0.15) is 5.76 Å². The number of benzene rings is 1. The average molecular weight is 462 g/mol. The molecule has 1 aromatic carbocycles. The molecule has 160 valence electrons. The second kappa shape index (κ2) is 8.23. The van der Waals surface area contributed by atoms with E-state index in [4.69, 9.17) is 16.0 Å². The molecule has 0 saturated carbocycles. The van der Waals surface area contributed by atoms with Crippen LogP contribution in [0.3, 0.4) is 0 Å². The van der Waals surface area contributed by atoms with Gasteiger partial charge in [0.15, 0.2) is 0 Å². The van der Waals surface area contributed by atoms with Crippen molar-refractivity contribution in [2.75, 3.05) is 18.6 Å². The Morgan fingerprint density at radius 3 is 2.60 bits per heavy atom. The highest BCUT2D eigenvalue weighted by Gasteiger charge is 2.42. The van der Waals surface area contributed by atoms with Crippen molar-refractivity contribution in [3.05, 3.63) is 47.6 Å². The molecule has 0 spiro atoms. The lowest BCUT2D eigenvalue weighted by Gasteiger charge is -2.22. The van der Waals surface area contributed by atoms with Gasteiger partial charge in [0.25, 0.3) is 0 Å².